The lowest BCUT2D eigenvalue weighted by Crippen LogP contribution is -2.42. The van der Waals surface area contributed by atoms with Gasteiger partial charge in [-0.05, 0) is 36.8 Å². The van der Waals surface area contributed by atoms with E-state index in [-0.39, 0.29) is 18.5 Å². The molecule has 1 amide bonds. The van der Waals surface area contributed by atoms with Crippen molar-refractivity contribution in [3.63, 3.8) is 0 Å². The van der Waals surface area contributed by atoms with E-state index in [0.717, 1.165) is 10.1 Å². The predicted octanol–water partition coefficient (Wildman–Crippen LogP) is 3.04. The van der Waals surface area contributed by atoms with Crippen LogP contribution in [-0.4, -0.2) is 22.2 Å². The molecular weight excluding hydrogens is 406 g/mol. The molecule has 1 aromatic heterocycles. The number of aromatic nitrogens is 2. The second kappa shape index (κ2) is 8.93. The number of hydrogen-bond acceptors (Lipinski definition) is 4. The molecule has 7 nitrogen and oxygen atoms in total. The number of ether oxygens (including phenoxy) is 1. The third-order valence-electron chi connectivity index (χ3n) is 5.34. The first-order valence-electron chi connectivity index (χ1n) is 10.2. The SMILES string of the molecule is COc1cccc(-n2c(=O)c3ccccc3n(CC(=O)NC(C)c3ccccc3)c2=O)c1. The van der Waals surface area contributed by atoms with Crippen LogP contribution in [0.15, 0.2) is 88.5 Å². The summed E-state index contributed by atoms with van der Waals surface area (Å²) in [6.45, 7) is 1.66. The number of benzene rings is 3. The van der Waals surface area contributed by atoms with E-state index in [1.54, 1.807) is 48.5 Å². The summed E-state index contributed by atoms with van der Waals surface area (Å²) in [6, 6.07) is 22.8. The summed E-state index contributed by atoms with van der Waals surface area (Å²) in [5.41, 5.74) is 0.693. The van der Waals surface area contributed by atoms with Crippen molar-refractivity contribution in [3.8, 4) is 11.4 Å². The normalized spacial score (nSPS) is 11.8. The van der Waals surface area contributed by atoms with E-state index in [4.69, 9.17) is 4.74 Å². The van der Waals surface area contributed by atoms with E-state index in [1.165, 1.54) is 11.7 Å². The highest BCUT2D eigenvalue weighted by atomic mass is 16.5. The number of nitrogens with zero attached hydrogens (tertiary/aromatic N) is 2. The van der Waals surface area contributed by atoms with Gasteiger partial charge in [-0.2, -0.15) is 0 Å². The molecule has 0 saturated heterocycles. The molecule has 0 aliphatic rings. The second-order valence-electron chi connectivity index (χ2n) is 7.43. The number of methoxy groups -OCH3 is 1. The number of amides is 1. The molecule has 32 heavy (non-hydrogen) atoms. The van der Waals surface area contributed by atoms with Gasteiger partial charge < -0.3 is 10.1 Å². The molecule has 162 valence electrons. The van der Waals surface area contributed by atoms with E-state index in [2.05, 4.69) is 5.32 Å². The van der Waals surface area contributed by atoms with E-state index >= 15 is 0 Å². The maximum atomic E-state index is 13.4. The third kappa shape index (κ3) is 4.05. The summed E-state index contributed by atoms with van der Waals surface area (Å²) in [6.07, 6.45) is 0. The Bertz CT molecular complexity index is 1390. The number of para-hydroxylation sites is 1. The van der Waals surface area contributed by atoms with Crippen LogP contribution in [0.3, 0.4) is 0 Å². The Labute approximate surface area is 184 Å². The number of hydrogen-bond donors (Lipinski definition) is 1. The van der Waals surface area contributed by atoms with Crippen molar-refractivity contribution in [2.75, 3.05) is 7.11 Å². The fraction of sp³-hybridized carbons (Fsp3) is 0.160. The zero-order chi connectivity index (χ0) is 22.7. The summed E-state index contributed by atoms with van der Waals surface area (Å²) in [5.74, 6) is 0.187. The zero-order valence-corrected chi connectivity index (χ0v) is 17.8. The first-order chi connectivity index (χ1) is 15.5. The van der Waals surface area contributed by atoms with Gasteiger partial charge in [0.1, 0.15) is 12.3 Å². The van der Waals surface area contributed by atoms with Gasteiger partial charge in [-0.1, -0.05) is 48.5 Å². The van der Waals surface area contributed by atoms with Crippen LogP contribution in [0.5, 0.6) is 5.75 Å². The monoisotopic (exact) mass is 429 g/mol. The number of carbonyl (C=O) groups excluding carboxylic acids is 1. The highest BCUT2D eigenvalue weighted by Gasteiger charge is 2.18. The van der Waals surface area contributed by atoms with Crippen LogP contribution in [0.4, 0.5) is 0 Å². The molecule has 0 fully saturated rings. The summed E-state index contributed by atoms with van der Waals surface area (Å²) < 4.78 is 7.63. The fourth-order valence-electron chi connectivity index (χ4n) is 3.71. The van der Waals surface area contributed by atoms with Crippen molar-refractivity contribution >= 4 is 16.8 Å². The van der Waals surface area contributed by atoms with Crippen LogP contribution in [0.25, 0.3) is 16.6 Å². The molecule has 3 aromatic carbocycles. The number of carbonyl (C=O) groups is 1. The van der Waals surface area contributed by atoms with Gasteiger partial charge in [0, 0.05) is 6.07 Å². The maximum Gasteiger partial charge on any atom is 0.336 e. The highest BCUT2D eigenvalue weighted by molar-refractivity contribution is 5.82. The summed E-state index contributed by atoms with van der Waals surface area (Å²) in [5, 5.41) is 3.27. The van der Waals surface area contributed by atoms with Gasteiger partial charge in [0.15, 0.2) is 0 Å². The molecule has 0 aliphatic carbocycles. The van der Waals surface area contributed by atoms with Crippen molar-refractivity contribution in [3.05, 3.63) is 105 Å². The van der Waals surface area contributed by atoms with E-state index in [0.29, 0.717) is 22.3 Å². The van der Waals surface area contributed by atoms with Gasteiger partial charge >= 0.3 is 5.69 Å². The zero-order valence-electron chi connectivity index (χ0n) is 17.8. The molecule has 1 heterocycles. The van der Waals surface area contributed by atoms with Gasteiger partial charge in [-0.25, -0.2) is 9.36 Å². The van der Waals surface area contributed by atoms with Crippen molar-refractivity contribution in [1.29, 1.82) is 0 Å². The smallest absolute Gasteiger partial charge is 0.336 e. The number of nitrogens with one attached hydrogen (secondary N) is 1. The minimum Gasteiger partial charge on any atom is -0.497 e. The molecule has 1 N–H and O–H groups in total. The average Bonchev–Trinajstić information content (AvgIpc) is 2.82. The Hall–Kier alpha value is -4.13. The quantitative estimate of drug-likeness (QED) is 0.511. The number of fused-ring (bicyclic) bond motifs is 1. The van der Waals surface area contributed by atoms with Crippen molar-refractivity contribution in [1.82, 2.24) is 14.5 Å². The molecule has 0 spiro atoms. The molecule has 0 saturated carbocycles. The van der Waals surface area contributed by atoms with Gasteiger partial charge in [0.25, 0.3) is 5.56 Å². The molecule has 7 heteroatoms. The van der Waals surface area contributed by atoms with Crippen LogP contribution in [0, 0.1) is 0 Å². The summed E-state index contributed by atoms with van der Waals surface area (Å²) >= 11 is 0. The first-order valence-corrected chi connectivity index (χ1v) is 10.2. The average molecular weight is 429 g/mol. The van der Waals surface area contributed by atoms with Crippen LogP contribution < -0.4 is 21.3 Å². The largest absolute Gasteiger partial charge is 0.497 e. The Morgan fingerprint density at radius 2 is 1.69 bits per heavy atom. The fourth-order valence-corrected chi connectivity index (χ4v) is 3.71. The Balaban J connectivity index is 1.78. The predicted molar refractivity (Wildman–Crippen MR) is 123 cm³/mol. The van der Waals surface area contributed by atoms with Crippen LogP contribution in [0.2, 0.25) is 0 Å². The third-order valence-corrected chi connectivity index (χ3v) is 5.34. The highest BCUT2D eigenvalue weighted by Crippen LogP contribution is 2.16. The van der Waals surface area contributed by atoms with Crippen LogP contribution >= 0.6 is 0 Å². The Morgan fingerprint density at radius 1 is 0.969 bits per heavy atom. The van der Waals surface area contributed by atoms with Crippen LogP contribution in [0.1, 0.15) is 18.5 Å². The van der Waals surface area contributed by atoms with Crippen molar-refractivity contribution in [2.24, 2.45) is 0 Å². The van der Waals surface area contributed by atoms with Gasteiger partial charge in [0.05, 0.1) is 29.7 Å². The van der Waals surface area contributed by atoms with E-state index < -0.39 is 11.2 Å². The van der Waals surface area contributed by atoms with Gasteiger partial charge in [-0.3, -0.25) is 14.2 Å². The van der Waals surface area contributed by atoms with Crippen LogP contribution in [-0.2, 0) is 11.3 Å². The second-order valence-corrected chi connectivity index (χ2v) is 7.43. The molecule has 0 radical (unpaired) electrons. The molecule has 4 aromatic rings. The number of rotatable bonds is 6. The summed E-state index contributed by atoms with van der Waals surface area (Å²) in [7, 11) is 1.51. The molecule has 0 aliphatic heterocycles. The molecule has 0 bridgehead atoms. The Kier molecular flexibility index (Phi) is 5.89. The van der Waals surface area contributed by atoms with Gasteiger partial charge in [-0.15, -0.1) is 0 Å². The Morgan fingerprint density at radius 3 is 2.44 bits per heavy atom. The van der Waals surface area contributed by atoms with Crippen molar-refractivity contribution in [2.45, 2.75) is 19.5 Å². The lowest BCUT2D eigenvalue weighted by molar-refractivity contribution is -0.122. The molecule has 1 atom stereocenters. The molecule has 4 rings (SSSR count). The topological polar surface area (TPSA) is 82.3 Å². The lowest BCUT2D eigenvalue weighted by atomic mass is 10.1. The van der Waals surface area contributed by atoms with E-state index in [1.807, 2.05) is 37.3 Å². The standard InChI is InChI=1S/C25H23N3O4/c1-17(18-9-4-3-5-10-18)26-23(29)16-27-22-14-7-6-13-21(22)24(30)28(25(27)31)19-11-8-12-20(15-19)32-2/h3-15,17H,16H2,1-2H3,(H,26,29). The molecular formula is C25H23N3O4. The van der Waals surface area contributed by atoms with Gasteiger partial charge in [0.2, 0.25) is 5.91 Å². The maximum absolute atomic E-state index is 13.4. The van der Waals surface area contributed by atoms with E-state index in [9.17, 15) is 14.4 Å². The molecule has 1 unspecified atom stereocenters. The lowest BCUT2D eigenvalue weighted by Gasteiger charge is -2.17. The minimum atomic E-state index is -0.593. The first kappa shape index (κ1) is 21.1. The minimum absolute atomic E-state index is 0.221. The van der Waals surface area contributed by atoms with Crippen molar-refractivity contribution < 1.29 is 9.53 Å². The summed E-state index contributed by atoms with van der Waals surface area (Å²) in [4.78, 5) is 39.4.